The molecule has 1 amide bonds. The number of fused-ring (bicyclic) bond motifs is 1. The minimum Gasteiger partial charge on any atom is -0.454 e. The minimum atomic E-state index is -0.125. The summed E-state index contributed by atoms with van der Waals surface area (Å²) in [4.78, 5) is 19.9. The molecule has 0 bridgehead atoms. The number of halogens is 1. The number of thiazole rings is 1. The van der Waals surface area contributed by atoms with E-state index in [-0.39, 0.29) is 18.8 Å². The van der Waals surface area contributed by atoms with E-state index in [0.29, 0.717) is 28.7 Å². The summed E-state index contributed by atoms with van der Waals surface area (Å²) in [7, 11) is 0. The van der Waals surface area contributed by atoms with Gasteiger partial charge in [0.25, 0.3) is 5.91 Å². The molecule has 154 valence electrons. The van der Waals surface area contributed by atoms with Gasteiger partial charge in [-0.1, -0.05) is 28.1 Å². The first kappa shape index (κ1) is 19.5. The normalized spacial score (nSPS) is 17.3. The fourth-order valence-corrected chi connectivity index (χ4v) is 4.67. The van der Waals surface area contributed by atoms with Crippen molar-refractivity contribution in [1.29, 1.82) is 0 Å². The fraction of sp³-hybridized carbons (Fsp3) is 0.273. The molecule has 6 nitrogen and oxygen atoms in total. The van der Waals surface area contributed by atoms with Gasteiger partial charge in [0.05, 0.1) is 18.3 Å². The molecule has 0 spiro atoms. The average molecular weight is 487 g/mol. The summed E-state index contributed by atoms with van der Waals surface area (Å²) < 4.78 is 17.6. The molecule has 8 heteroatoms. The van der Waals surface area contributed by atoms with Crippen LogP contribution in [-0.4, -0.2) is 36.9 Å². The molecule has 0 N–H and O–H groups in total. The van der Waals surface area contributed by atoms with E-state index in [0.717, 1.165) is 35.2 Å². The minimum absolute atomic E-state index is 0.0167. The number of benzene rings is 2. The monoisotopic (exact) mass is 486 g/mol. The Bertz CT molecular complexity index is 1060. The molecule has 1 saturated heterocycles. The van der Waals surface area contributed by atoms with Crippen molar-refractivity contribution < 1.29 is 19.0 Å². The molecular weight excluding hydrogens is 468 g/mol. The number of ether oxygens (including phenoxy) is 3. The van der Waals surface area contributed by atoms with Gasteiger partial charge in [-0.15, -0.1) is 11.3 Å². The highest BCUT2D eigenvalue weighted by Gasteiger charge is 2.28. The Morgan fingerprint density at radius 3 is 2.80 bits per heavy atom. The topological polar surface area (TPSA) is 60.9 Å². The molecule has 2 aromatic carbocycles. The van der Waals surface area contributed by atoms with Crippen LogP contribution < -0.4 is 14.4 Å². The maximum absolute atomic E-state index is 13.5. The molecule has 3 heterocycles. The lowest BCUT2D eigenvalue weighted by Crippen LogP contribution is -2.37. The lowest BCUT2D eigenvalue weighted by Gasteiger charge is -2.23. The van der Waals surface area contributed by atoms with E-state index in [4.69, 9.17) is 19.2 Å². The predicted octanol–water partition coefficient (Wildman–Crippen LogP) is 5.13. The van der Waals surface area contributed by atoms with E-state index in [1.807, 2.05) is 29.6 Å². The van der Waals surface area contributed by atoms with Crippen LogP contribution in [0.5, 0.6) is 11.5 Å². The van der Waals surface area contributed by atoms with E-state index in [9.17, 15) is 4.79 Å². The van der Waals surface area contributed by atoms with Crippen molar-refractivity contribution in [3.8, 4) is 22.8 Å². The van der Waals surface area contributed by atoms with Gasteiger partial charge in [-0.3, -0.25) is 9.69 Å². The number of amides is 1. The largest absolute Gasteiger partial charge is 0.454 e. The second-order valence-electron chi connectivity index (χ2n) is 7.14. The van der Waals surface area contributed by atoms with Crippen LogP contribution in [0.3, 0.4) is 0 Å². The van der Waals surface area contributed by atoms with Crippen molar-refractivity contribution in [2.45, 2.75) is 18.9 Å². The number of anilines is 1. The molecule has 0 aliphatic carbocycles. The van der Waals surface area contributed by atoms with Crippen LogP contribution in [-0.2, 0) is 4.74 Å². The smallest absolute Gasteiger partial charge is 0.260 e. The van der Waals surface area contributed by atoms with Crippen LogP contribution in [0.15, 0.2) is 52.3 Å². The average Bonchev–Trinajstić information content (AvgIpc) is 3.53. The first-order valence-corrected chi connectivity index (χ1v) is 11.4. The van der Waals surface area contributed by atoms with Gasteiger partial charge >= 0.3 is 0 Å². The second-order valence-corrected chi connectivity index (χ2v) is 8.89. The fourth-order valence-electron chi connectivity index (χ4n) is 3.57. The molecule has 30 heavy (non-hydrogen) atoms. The maximum atomic E-state index is 13.5. The van der Waals surface area contributed by atoms with E-state index in [1.54, 1.807) is 23.1 Å². The summed E-state index contributed by atoms with van der Waals surface area (Å²) in [6.07, 6.45) is 1.97. The van der Waals surface area contributed by atoms with Crippen molar-refractivity contribution in [3.05, 3.63) is 57.9 Å². The summed E-state index contributed by atoms with van der Waals surface area (Å²) in [5, 5.41) is 2.64. The molecule has 3 aromatic rings. The Labute approximate surface area is 186 Å². The van der Waals surface area contributed by atoms with Crippen LogP contribution in [0.2, 0.25) is 0 Å². The molecule has 2 aliphatic heterocycles. The number of hydrogen-bond donors (Lipinski definition) is 0. The summed E-state index contributed by atoms with van der Waals surface area (Å²) in [6, 6.07) is 13.2. The van der Waals surface area contributed by atoms with Crippen LogP contribution in [0.4, 0.5) is 5.13 Å². The quantitative estimate of drug-likeness (QED) is 0.500. The summed E-state index contributed by atoms with van der Waals surface area (Å²) in [5.74, 6) is 1.12. The molecule has 0 saturated carbocycles. The third-order valence-corrected chi connectivity index (χ3v) is 6.53. The Morgan fingerprint density at radius 1 is 1.17 bits per heavy atom. The summed E-state index contributed by atoms with van der Waals surface area (Å²) in [5.41, 5.74) is 2.39. The standard InChI is InChI=1S/C22H19BrN2O4S/c23-16-6-3-14(4-7-16)18-12-30-22(24-18)25(11-17-2-1-9-27-17)21(26)15-5-8-19-20(10-15)29-13-28-19/h3-8,10,12,17H,1-2,9,11,13H2. The first-order valence-electron chi connectivity index (χ1n) is 9.72. The van der Waals surface area contributed by atoms with Gasteiger partial charge in [0.2, 0.25) is 6.79 Å². The molecule has 0 radical (unpaired) electrons. The number of nitrogens with zero attached hydrogens (tertiary/aromatic N) is 2. The Hall–Kier alpha value is -2.42. The van der Waals surface area contributed by atoms with E-state index in [1.165, 1.54) is 11.3 Å². The zero-order valence-electron chi connectivity index (χ0n) is 16.0. The SMILES string of the molecule is O=C(c1ccc2c(c1)OCO2)N(CC1CCCO1)c1nc(-c2ccc(Br)cc2)cs1. The molecule has 5 rings (SSSR count). The number of carbonyl (C=O) groups excluding carboxylic acids is 1. The lowest BCUT2D eigenvalue weighted by molar-refractivity contribution is 0.0917. The van der Waals surface area contributed by atoms with Gasteiger partial charge in [0.1, 0.15) is 0 Å². The van der Waals surface area contributed by atoms with Gasteiger partial charge in [0, 0.05) is 27.6 Å². The molecule has 1 unspecified atom stereocenters. The van der Waals surface area contributed by atoms with Gasteiger partial charge < -0.3 is 14.2 Å². The highest BCUT2D eigenvalue weighted by Crippen LogP contribution is 2.34. The van der Waals surface area contributed by atoms with Gasteiger partial charge in [0.15, 0.2) is 16.6 Å². The van der Waals surface area contributed by atoms with E-state index in [2.05, 4.69) is 15.9 Å². The Balaban J connectivity index is 1.46. The highest BCUT2D eigenvalue weighted by molar-refractivity contribution is 9.10. The van der Waals surface area contributed by atoms with Crippen molar-refractivity contribution in [2.75, 3.05) is 24.8 Å². The molecule has 1 fully saturated rings. The van der Waals surface area contributed by atoms with Crippen LogP contribution in [0, 0.1) is 0 Å². The zero-order valence-corrected chi connectivity index (χ0v) is 18.4. The number of rotatable bonds is 5. The van der Waals surface area contributed by atoms with Crippen molar-refractivity contribution in [1.82, 2.24) is 4.98 Å². The second kappa shape index (κ2) is 8.37. The number of aromatic nitrogens is 1. The Morgan fingerprint density at radius 2 is 2.00 bits per heavy atom. The van der Waals surface area contributed by atoms with Crippen molar-refractivity contribution in [3.63, 3.8) is 0 Å². The number of carbonyl (C=O) groups is 1. The molecular formula is C22H19BrN2O4S. The molecule has 2 aliphatic rings. The number of hydrogen-bond acceptors (Lipinski definition) is 6. The third-order valence-electron chi connectivity index (χ3n) is 5.14. The molecule has 1 atom stereocenters. The Kier molecular flexibility index (Phi) is 5.45. The van der Waals surface area contributed by atoms with Gasteiger partial charge in [-0.2, -0.15) is 0 Å². The van der Waals surface area contributed by atoms with Gasteiger partial charge in [-0.05, 0) is 43.2 Å². The van der Waals surface area contributed by atoms with Gasteiger partial charge in [-0.25, -0.2) is 4.98 Å². The van der Waals surface area contributed by atoms with Crippen LogP contribution >= 0.6 is 27.3 Å². The van der Waals surface area contributed by atoms with Crippen molar-refractivity contribution in [2.24, 2.45) is 0 Å². The maximum Gasteiger partial charge on any atom is 0.260 e. The van der Waals surface area contributed by atoms with Crippen LogP contribution in [0.1, 0.15) is 23.2 Å². The highest BCUT2D eigenvalue weighted by atomic mass is 79.9. The lowest BCUT2D eigenvalue weighted by atomic mass is 10.1. The molecule has 1 aromatic heterocycles. The van der Waals surface area contributed by atoms with Crippen molar-refractivity contribution >= 4 is 38.3 Å². The van der Waals surface area contributed by atoms with E-state index < -0.39 is 0 Å². The zero-order chi connectivity index (χ0) is 20.5. The summed E-state index contributed by atoms with van der Waals surface area (Å²) in [6.45, 7) is 1.38. The van der Waals surface area contributed by atoms with Crippen LogP contribution in [0.25, 0.3) is 11.3 Å². The first-order chi connectivity index (χ1) is 14.7. The summed E-state index contributed by atoms with van der Waals surface area (Å²) >= 11 is 4.92. The third kappa shape index (κ3) is 3.95. The predicted molar refractivity (Wildman–Crippen MR) is 118 cm³/mol. The van der Waals surface area contributed by atoms with E-state index >= 15 is 0 Å².